The van der Waals surface area contributed by atoms with Gasteiger partial charge in [-0.25, -0.2) is 14.2 Å². The largest absolute Gasteiger partial charge is 0.544 e. The van der Waals surface area contributed by atoms with Crippen LogP contribution in [0, 0.1) is 0 Å². The molecule has 0 aliphatic rings. The molecule has 0 rings (SSSR count). The summed E-state index contributed by atoms with van der Waals surface area (Å²) in [5.74, 6) is -1.52. The first-order valence-corrected chi connectivity index (χ1v) is 20.5. The first-order valence-electron chi connectivity index (χ1n) is 19.0. The molecule has 45 heavy (non-hydrogen) atoms. The number of rotatable bonds is 36. The summed E-state index contributed by atoms with van der Waals surface area (Å²) in [5.41, 5.74) is 0. The van der Waals surface area contributed by atoms with Gasteiger partial charge in [-0.05, 0) is 12.8 Å². The van der Waals surface area contributed by atoms with Crippen molar-refractivity contribution in [3.05, 3.63) is 0 Å². The lowest BCUT2D eigenvalue weighted by atomic mass is 10.0. The summed E-state index contributed by atoms with van der Waals surface area (Å²) in [5, 5.41) is 0. The molecule has 9 heteroatoms. The van der Waals surface area contributed by atoms with Crippen LogP contribution < -0.4 is 0 Å². The Morgan fingerprint density at radius 1 is 0.400 bits per heavy atom. The highest BCUT2D eigenvalue weighted by Gasteiger charge is 2.28. The summed E-state index contributed by atoms with van der Waals surface area (Å²) >= 11 is 0. The van der Waals surface area contributed by atoms with Gasteiger partial charge in [0.1, 0.15) is 0 Å². The van der Waals surface area contributed by atoms with Crippen molar-refractivity contribution in [1.29, 1.82) is 0 Å². The number of carbonyl (C=O) groups is 2. The van der Waals surface area contributed by atoms with Gasteiger partial charge < -0.3 is 0 Å². The molecule has 0 heterocycles. The Hall–Kier alpha value is -0.950. The third-order valence-corrected chi connectivity index (χ3v) is 8.94. The van der Waals surface area contributed by atoms with Crippen LogP contribution in [0.3, 0.4) is 0 Å². The quantitative estimate of drug-likeness (QED) is 0.0305. The summed E-state index contributed by atoms with van der Waals surface area (Å²) < 4.78 is 20.2. The molecule has 0 spiro atoms. The fraction of sp³-hybridized carbons (Fsp3) is 0.944. The highest BCUT2D eigenvalue weighted by Crippen LogP contribution is 2.43. The zero-order valence-corrected chi connectivity index (χ0v) is 30.3. The maximum atomic E-state index is 11.8. The molecular weight excluding hydrogens is 591 g/mol. The van der Waals surface area contributed by atoms with Crippen LogP contribution >= 0.6 is 7.82 Å². The molecular formula is C36H71O8P. The van der Waals surface area contributed by atoms with E-state index < -0.39 is 19.8 Å². The summed E-state index contributed by atoms with van der Waals surface area (Å²) in [4.78, 5) is 41.9. The lowest BCUT2D eigenvalue weighted by molar-refractivity contribution is -0.260. The predicted octanol–water partition coefficient (Wildman–Crippen LogP) is 12.6. The van der Waals surface area contributed by atoms with Gasteiger partial charge in [0, 0.05) is 12.8 Å². The van der Waals surface area contributed by atoms with Gasteiger partial charge in [-0.3, -0.25) is 14.7 Å². The van der Waals surface area contributed by atoms with E-state index in [4.69, 9.17) is 0 Å². The number of carbonyl (C=O) groups excluding carboxylic acids is 2. The van der Waals surface area contributed by atoms with Crippen LogP contribution in [-0.4, -0.2) is 16.8 Å². The van der Waals surface area contributed by atoms with Gasteiger partial charge in [0.2, 0.25) is 0 Å². The lowest BCUT2D eigenvalue weighted by Gasteiger charge is -2.09. The van der Waals surface area contributed by atoms with Crippen molar-refractivity contribution in [1.82, 2.24) is 0 Å². The van der Waals surface area contributed by atoms with Crippen LogP contribution in [0.5, 0.6) is 0 Å². The van der Waals surface area contributed by atoms with Crippen molar-refractivity contribution >= 4 is 19.8 Å². The molecule has 0 aliphatic heterocycles. The number of hydrogen-bond donors (Lipinski definition) is 1. The highest BCUT2D eigenvalue weighted by molar-refractivity contribution is 7.47. The van der Waals surface area contributed by atoms with Gasteiger partial charge in [-0.1, -0.05) is 203 Å². The van der Waals surface area contributed by atoms with Crippen LogP contribution in [0.25, 0.3) is 0 Å². The Morgan fingerprint density at radius 2 is 0.600 bits per heavy atom. The molecule has 0 aromatic heterocycles. The lowest BCUT2D eigenvalue weighted by Crippen LogP contribution is -2.08. The monoisotopic (exact) mass is 662 g/mol. The van der Waals surface area contributed by atoms with E-state index in [1.54, 1.807) is 0 Å². The van der Waals surface area contributed by atoms with E-state index in [-0.39, 0.29) is 12.8 Å². The predicted molar refractivity (Wildman–Crippen MR) is 183 cm³/mol. The molecule has 0 atom stereocenters. The molecule has 0 aromatic rings. The Labute approximate surface area is 276 Å². The molecule has 0 radical (unpaired) electrons. The third kappa shape index (κ3) is 35.7. The maximum absolute atomic E-state index is 11.8. The molecule has 0 aliphatic carbocycles. The van der Waals surface area contributed by atoms with Crippen molar-refractivity contribution in [3.8, 4) is 0 Å². The van der Waals surface area contributed by atoms with Crippen molar-refractivity contribution in [2.75, 3.05) is 0 Å². The molecule has 0 saturated heterocycles. The first kappa shape index (κ1) is 44.0. The summed E-state index contributed by atoms with van der Waals surface area (Å²) in [6, 6.07) is 0. The van der Waals surface area contributed by atoms with Crippen molar-refractivity contribution in [2.24, 2.45) is 0 Å². The SMILES string of the molecule is CCCCCCCCCCCCCCCCCC(=O)OOP(=O)(O)OOC(=O)CCCCCCCCCCCCCCCCC. The fourth-order valence-corrected chi connectivity index (χ4v) is 5.93. The number of phosphoric acid groups is 1. The molecule has 1 N–H and O–H groups in total. The van der Waals surface area contributed by atoms with E-state index in [1.807, 2.05) is 0 Å². The minimum absolute atomic E-state index is 0.0806. The zero-order chi connectivity index (χ0) is 33.1. The van der Waals surface area contributed by atoms with Gasteiger partial charge in [-0.2, -0.15) is 0 Å². The Balaban J connectivity index is 3.50. The Bertz CT molecular complexity index is 649. The van der Waals surface area contributed by atoms with Crippen molar-refractivity contribution < 1.29 is 38.2 Å². The first-order chi connectivity index (χ1) is 21.9. The third-order valence-electron chi connectivity index (χ3n) is 8.42. The van der Waals surface area contributed by atoms with Gasteiger partial charge in [0.15, 0.2) is 0 Å². The minimum atomic E-state index is -4.84. The van der Waals surface area contributed by atoms with Crippen LogP contribution in [0.4, 0.5) is 0 Å². The molecule has 0 unspecified atom stereocenters. The molecule has 0 amide bonds. The second-order valence-corrected chi connectivity index (χ2v) is 14.2. The minimum Gasteiger partial charge on any atom is -0.298 e. The van der Waals surface area contributed by atoms with E-state index >= 15 is 0 Å². The standard InChI is InChI=1S/C36H71O8P/c1-3-5-7-9-11-13-15-17-19-21-23-25-27-29-31-33-35(37)41-43-45(39,40)44-42-36(38)34-32-30-28-26-24-22-20-18-16-14-12-10-8-6-4-2/h3-34H2,1-2H3,(H,39,40). The van der Waals surface area contributed by atoms with E-state index in [0.717, 1.165) is 38.5 Å². The van der Waals surface area contributed by atoms with Gasteiger partial charge in [0.25, 0.3) is 0 Å². The second kappa shape index (κ2) is 34.4. The number of hydrogen-bond acceptors (Lipinski definition) is 7. The summed E-state index contributed by atoms with van der Waals surface area (Å²) in [7, 11) is -4.84. The van der Waals surface area contributed by atoms with E-state index in [1.165, 1.54) is 141 Å². The molecule has 0 fully saturated rings. The fourth-order valence-electron chi connectivity index (χ4n) is 5.55. The van der Waals surface area contributed by atoms with Crippen LogP contribution in [-0.2, 0) is 33.3 Å². The highest BCUT2D eigenvalue weighted by atomic mass is 31.2. The van der Waals surface area contributed by atoms with E-state index in [2.05, 4.69) is 33.0 Å². The summed E-state index contributed by atoms with van der Waals surface area (Å²) in [6.45, 7) is 4.50. The summed E-state index contributed by atoms with van der Waals surface area (Å²) in [6.07, 6.45) is 36.9. The average molecular weight is 663 g/mol. The van der Waals surface area contributed by atoms with Crippen LogP contribution in [0.1, 0.15) is 219 Å². The zero-order valence-electron chi connectivity index (χ0n) is 29.4. The van der Waals surface area contributed by atoms with Crippen molar-refractivity contribution in [2.45, 2.75) is 219 Å². The molecule has 0 saturated carbocycles. The molecule has 8 nitrogen and oxygen atoms in total. The maximum Gasteiger partial charge on any atom is 0.544 e. The molecule has 268 valence electrons. The Kier molecular flexibility index (Phi) is 33.7. The molecule has 0 bridgehead atoms. The smallest absolute Gasteiger partial charge is 0.298 e. The van der Waals surface area contributed by atoms with Gasteiger partial charge in [-0.15, -0.1) is 0 Å². The van der Waals surface area contributed by atoms with E-state index in [9.17, 15) is 19.0 Å². The second-order valence-electron chi connectivity index (χ2n) is 12.9. The van der Waals surface area contributed by atoms with Crippen LogP contribution in [0.15, 0.2) is 0 Å². The average Bonchev–Trinajstić information content (AvgIpc) is 3.03. The topological polar surface area (TPSA) is 108 Å². The number of unbranched alkanes of at least 4 members (excludes halogenated alkanes) is 28. The van der Waals surface area contributed by atoms with Crippen LogP contribution in [0.2, 0.25) is 0 Å². The van der Waals surface area contributed by atoms with Crippen molar-refractivity contribution in [3.63, 3.8) is 0 Å². The van der Waals surface area contributed by atoms with Gasteiger partial charge >= 0.3 is 19.8 Å². The molecule has 0 aromatic carbocycles. The Morgan fingerprint density at radius 3 is 0.822 bits per heavy atom. The van der Waals surface area contributed by atoms with Gasteiger partial charge in [0.05, 0.1) is 0 Å². The normalized spacial score (nSPS) is 11.6. The van der Waals surface area contributed by atoms with E-state index in [0.29, 0.717) is 12.8 Å².